The molecule has 2 radical (unpaired) electrons. The molecule has 0 aromatic rings. The minimum atomic E-state index is -0.237. The van der Waals surface area contributed by atoms with E-state index in [4.69, 9.17) is 0 Å². The third-order valence-corrected chi connectivity index (χ3v) is 2.70. The summed E-state index contributed by atoms with van der Waals surface area (Å²) in [7, 11) is 1.41. The third kappa shape index (κ3) is 10.9. The number of rotatable bonds is 7. The Hall–Kier alpha value is 0.619. The average molecular weight is 339 g/mol. The van der Waals surface area contributed by atoms with Gasteiger partial charge in [-0.2, -0.15) is 12.6 Å². The van der Waals surface area contributed by atoms with Crippen LogP contribution < -0.4 is 0 Å². The minimum absolute atomic E-state index is 0. The third-order valence-electron chi connectivity index (χ3n) is 2.23. The molecule has 15 heavy (non-hydrogen) atoms. The van der Waals surface area contributed by atoms with Crippen molar-refractivity contribution in [2.75, 3.05) is 7.11 Å². The quantitative estimate of drug-likeness (QED) is 0.333. The molecule has 0 heterocycles. The number of carbonyl (C=O) groups is 1. The van der Waals surface area contributed by atoms with E-state index in [-0.39, 0.29) is 35.1 Å². The van der Waals surface area contributed by atoms with Crippen molar-refractivity contribution in [3.05, 3.63) is 0 Å². The monoisotopic (exact) mass is 340 g/mol. The van der Waals surface area contributed by atoms with Gasteiger partial charge < -0.3 is 4.74 Å². The summed E-state index contributed by atoms with van der Waals surface area (Å²) in [4.78, 5) is 11.0. The molecule has 0 bridgehead atoms. The van der Waals surface area contributed by atoms with Crippen molar-refractivity contribution in [1.82, 2.24) is 0 Å². The van der Waals surface area contributed by atoms with Gasteiger partial charge in [-0.05, 0) is 12.3 Å². The van der Waals surface area contributed by atoms with Crippen LogP contribution in [0.2, 0.25) is 0 Å². The van der Waals surface area contributed by atoms with Crippen LogP contribution in [0.25, 0.3) is 0 Å². The molecule has 0 aromatic heterocycles. The number of ether oxygens (including phenoxy) is 1. The van der Waals surface area contributed by atoms with Crippen LogP contribution in [0.15, 0.2) is 0 Å². The topological polar surface area (TPSA) is 26.3 Å². The Kier molecular flexibility index (Phi) is 13.3. The summed E-state index contributed by atoms with van der Waals surface area (Å²) in [5, 5.41) is -0.237. The predicted molar refractivity (Wildman–Crippen MR) is 71.3 cm³/mol. The van der Waals surface area contributed by atoms with Crippen molar-refractivity contribution >= 4 is 42.5 Å². The van der Waals surface area contributed by atoms with E-state index in [1.807, 2.05) is 0 Å². The van der Waals surface area contributed by atoms with Gasteiger partial charge in [0.1, 0.15) is 0 Å². The first-order valence-electron chi connectivity index (χ1n) is 5.33. The molecular weight excluding hydrogens is 315 g/mol. The summed E-state index contributed by atoms with van der Waals surface area (Å²) in [5.41, 5.74) is 0. The molecular formula is C11H24O2SSn. The fourth-order valence-electron chi connectivity index (χ4n) is 1.32. The Morgan fingerprint density at radius 1 is 1.20 bits per heavy atom. The van der Waals surface area contributed by atoms with Crippen molar-refractivity contribution in [2.24, 2.45) is 5.92 Å². The first kappa shape index (κ1) is 18.0. The number of unbranched alkanes of at least 4 members (excludes halogenated alkanes) is 2. The van der Waals surface area contributed by atoms with Crippen molar-refractivity contribution in [1.29, 1.82) is 0 Å². The molecule has 0 aliphatic carbocycles. The summed E-state index contributed by atoms with van der Waals surface area (Å²) in [6.07, 6.45) is 5.60. The zero-order valence-electron chi connectivity index (χ0n) is 10.2. The molecule has 0 saturated heterocycles. The molecule has 4 heteroatoms. The van der Waals surface area contributed by atoms with Gasteiger partial charge in [0, 0.05) is 0 Å². The number of hydrogen-bond acceptors (Lipinski definition) is 3. The first-order valence-corrected chi connectivity index (χ1v) is 5.85. The maximum absolute atomic E-state index is 11.0. The molecule has 90 valence electrons. The molecule has 0 aromatic carbocycles. The standard InChI is InChI=1S/C11H22O2S.Sn.2H/c1-9(2)7-5-4-6-8-10(14)11(12)13-3;;;/h9-10,14H,4-8H2,1-3H3;;;. The molecule has 0 aliphatic heterocycles. The van der Waals surface area contributed by atoms with Crippen LogP contribution in [0.1, 0.15) is 46.0 Å². The Morgan fingerprint density at radius 2 is 1.73 bits per heavy atom. The number of methoxy groups -OCH3 is 1. The van der Waals surface area contributed by atoms with E-state index in [2.05, 4.69) is 31.2 Å². The van der Waals surface area contributed by atoms with Crippen molar-refractivity contribution in [2.45, 2.75) is 51.2 Å². The molecule has 0 N–H and O–H groups in total. The van der Waals surface area contributed by atoms with Gasteiger partial charge in [-0.1, -0.05) is 39.5 Å². The molecule has 0 saturated carbocycles. The second-order valence-electron chi connectivity index (χ2n) is 4.07. The predicted octanol–water partition coefficient (Wildman–Crippen LogP) is 2.15. The number of carbonyl (C=O) groups excluding carboxylic acids is 1. The average Bonchev–Trinajstić information content (AvgIpc) is 2.15. The zero-order chi connectivity index (χ0) is 11.0. The Morgan fingerprint density at radius 3 is 2.20 bits per heavy atom. The second-order valence-corrected chi connectivity index (χ2v) is 4.69. The Bertz CT molecular complexity index is 163. The molecule has 2 nitrogen and oxygen atoms in total. The number of hydrogen-bond donors (Lipinski definition) is 1. The number of esters is 1. The molecule has 0 fully saturated rings. The normalized spacial score (nSPS) is 12.1. The Balaban J connectivity index is 0. The molecule has 0 rings (SSSR count). The van der Waals surface area contributed by atoms with Gasteiger partial charge in [-0.15, -0.1) is 0 Å². The van der Waals surface area contributed by atoms with Gasteiger partial charge in [-0.3, -0.25) is 4.79 Å². The second kappa shape index (κ2) is 11.1. The number of thiol groups is 1. The maximum atomic E-state index is 11.0. The first-order chi connectivity index (χ1) is 6.57. The molecule has 0 amide bonds. The van der Waals surface area contributed by atoms with Crippen LogP contribution in [0.4, 0.5) is 0 Å². The molecule has 0 aliphatic rings. The summed E-state index contributed by atoms with van der Waals surface area (Å²) >= 11 is 4.17. The molecule has 1 unspecified atom stereocenters. The SMILES string of the molecule is COC(=O)C(S)CCCCCC(C)C.[SnH2]. The Labute approximate surface area is 116 Å². The van der Waals surface area contributed by atoms with Gasteiger partial charge in [0.15, 0.2) is 0 Å². The fourth-order valence-corrected chi connectivity index (χ4v) is 1.61. The fraction of sp³-hybridized carbons (Fsp3) is 0.909. The summed E-state index contributed by atoms with van der Waals surface area (Å²) in [6.45, 7) is 4.46. The van der Waals surface area contributed by atoms with Gasteiger partial charge in [0.25, 0.3) is 0 Å². The van der Waals surface area contributed by atoms with E-state index in [1.54, 1.807) is 0 Å². The van der Waals surface area contributed by atoms with E-state index >= 15 is 0 Å². The van der Waals surface area contributed by atoms with Gasteiger partial charge in [-0.25, -0.2) is 0 Å². The summed E-state index contributed by atoms with van der Waals surface area (Å²) < 4.78 is 4.59. The van der Waals surface area contributed by atoms with Crippen molar-refractivity contribution in [3.8, 4) is 0 Å². The molecule has 1 atom stereocenters. The van der Waals surface area contributed by atoms with Crippen LogP contribution in [0, 0.1) is 5.92 Å². The van der Waals surface area contributed by atoms with Crippen LogP contribution in [-0.4, -0.2) is 42.2 Å². The van der Waals surface area contributed by atoms with Crippen LogP contribution in [-0.2, 0) is 9.53 Å². The van der Waals surface area contributed by atoms with Gasteiger partial charge in [0.2, 0.25) is 0 Å². The summed E-state index contributed by atoms with van der Waals surface area (Å²) in [6, 6.07) is 0. The van der Waals surface area contributed by atoms with E-state index in [1.165, 1.54) is 26.4 Å². The zero-order valence-corrected chi connectivity index (χ0v) is 15.1. The van der Waals surface area contributed by atoms with Crippen LogP contribution >= 0.6 is 12.6 Å². The van der Waals surface area contributed by atoms with E-state index in [0.717, 1.165) is 18.8 Å². The van der Waals surface area contributed by atoms with E-state index < -0.39 is 0 Å². The van der Waals surface area contributed by atoms with Crippen LogP contribution in [0.3, 0.4) is 0 Å². The van der Waals surface area contributed by atoms with Gasteiger partial charge >= 0.3 is 29.9 Å². The van der Waals surface area contributed by atoms with Crippen LogP contribution in [0.5, 0.6) is 0 Å². The summed E-state index contributed by atoms with van der Waals surface area (Å²) in [5.74, 6) is 0.569. The van der Waals surface area contributed by atoms with E-state index in [0.29, 0.717) is 0 Å². The van der Waals surface area contributed by atoms with Crippen molar-refractivity contribution < 1.29 is 9.53 Å². The van der Waals surface area contributed by atoms with Crippen molar-refractivity contribution in [3.63, 3.8) is 0 Å². The molecule has 0 spiro atoms. The van der Waals surface area contributed by atoms with Gasteiger partial charge in [0.05, 0.1) is 12.4 Å². The van der Waals surface area contributed by atoms with E-state index in [9.17, 15) is 4.79 Å².